The third-order valence-electron chi connectivity index (χ3n) is 26.3. The Labute approximate surface area is 720 Å². The first-order chi connectivity index (χ1) is 56.7. The van der Waals surface area contributed by atoms with Crippen LogP contribution < -0.4 is 66.1 Å². The van der Waals surface area contributed by atoms with Crippen molar-refractivity contribution in [3.05, 3.63) is 140 Å². The van der Waals surface area contributed by atoms with E-state index in [1.807, 2.05) is 26.0 Å². The Morgan fingerprint density at radius 1 is 0.425 bits per heavy atom. The van der Waals surface area contributed by atoms with Crippen LogP contribution in [0, 0.1) is 35.5 Å². The maximum Gasteiger partial charge on any atom is 0.328 e. The van der Waals surface area contributed by atoms with Gasteiger partial charge in [-0.1, -0.05) is 147 Å². The molecule has 4 aliphatic carbocycles. The van der Waals surface area contributed by atoms with Crippen LogP contribution in [0.3, 0.4) is 0 Å². The van der Waals surface area contributed by atoms with Crippen LogP contribution in [0.5, 0.6) is 46.0 Å². The van der Waals surface area contributed by atoms with Crippen molar-refractivity contribution < 1.29 is 61.9 Å². The smallest absolute Gasteiger partial charge is 0.328 e. The van der Waals surface area contributed by atoms with Crippen molar-refractivity contribution in [2.45, 2.75) is 370 Å². The molecule has 4 aromatic carbocycles. The van der Waals surface area contributed by atoms with Gasteiger partial charge in [0.05, 0.1) is 6.54 Å². The fraction of sp³-hybridized carbons (Fsp3) is 0.637. The van der Waals surface area contributed by atoms with E-state index in [-0.39, 0.29) is 89.3 Å². The quantitative estimate of drug-likeness (QED) is 0.0140. The van der Waals surface area contributed by atoms with Crippen molar-refractivity contribution in [1.29, 1.82) is 0 Å². The van der Waals surface area contributed by atoms with Gasteiger partial charge >= 0.3 is 23.9 Å². The minimum absolute atomic E-state index is 0.0285. The van der Waals surface area contributed by atoms with Crippen LogP contribution in [0.15, 0.2) is 95.1 Å². The van der Waals surface area contributed by atoms with Crippen molar-refractivity contribution in [2.75, 3.05) is 13.6 Å². The number of amides is 1. The fourth-order valence-electron chi connectivity index (χ4n) is 19.4. The minimum Gasteiger partial charge on any atom is -0.487 e. The van der Waals surface area contributed by atoms with Gasteiger partial charge in [-0.2, -0.15) is 0 Å². The number of carbonyl (C=O) groups excluding carboxylic acids is 5. The lowest BCUT2D eigenvalue weighted by Gasteiger charge is -2.46. The summed E-state index contributed by atoms with van der Waals surface area (Å²) in [4.78, 5) is 61.7. The highest BCUT2D eigenvalue weighted by atomic mass is 16.6. The number of ether oxygens (including phenoxy) is 8. The molecule has 0 saturated carbocycles. The Morgan fingerprint density at radius 2 is 0.717 bits per heavy atom. The van der Waals surface area contributed by atoms with Gasteiger partial charge in [-0.3, -0.25) is 9.59 Å². The molecule has 11 atom stereocenters. The fourth-order valence-corrected chi connectivity index (χ4v) is 19.4. The lowest BCUT2D eigenvalue weighted by Crippen LogP contribution is -2.45. The molecule has 18 heteroatoms. The number of likely N-dealkylation sites (N-methyl/N-ethyl adjacent to an activating group) is 1. The highest BCUT2D eigenvalue weighted by molar-refractivity contribution is 5.82. The van der Waals surface area contributed by atoms with E-state index in [0.29, 0.717) is 59.0 Å². The molecule has 120 heavy (non-hydrogen) atoms. The Morgan fingerprint density at radius 3 is 1.00 bits per heavy atom. The number of nitrogens with one attached hydrogen (secondary N) is 1. The number of carbonyl (C=O) groups is 5. The molecule has 18 nitrogen and oxygen atoms in total. The molecule has 0 bridgehead atoms. The zero-order valence-corrected chi connectivity index (χ0v) is 77.1. The Bertz CT molecular complexity index is 4350. The second kappa shape index (κ2) is 42.5. The average Bonchev–Trinajstić information content (AvgIpc) is 0.758. The number of rotatable bonds is 30. The third kappa shape index (κ3) is 24.6. The van der Waals surface area contributed by atoms with Gasteiger partial charge in [0.25, 0.3) is 0 Å². The van der Waals surface area contributed by atoms with Crippen molar-refractivity contribution >= 4 is 29.8 Å². The number of aryl methyl sites for hydroxylation is 4. The van der Waals surface area contributed by atoms with E-state index in [9.17, 15) is 24.0 Å². The number of esters is 4. The summed E-state index contributed by atoms with van der Waals surface area (Å²) in [5.41, 5.74) is 36.5. The van der Waals surface area contributed by atoms with E-state index < -0.39 is 30.0 Å². The summed E-state index contributed by atoms with van der Waals surface area (Å²) in [6.45, 7) is 43.2. The summed E-state index contributed by atoms with van der Waals surface area (Å²) in [6.07, 6.45) is 35.1. The molecule has 1 amide bonds. The first-order valence-electron chi connectivity index (χ1n) is 45.9. The van der Waals surface area contributed by atoms with Gasteiger partial charge in [0.15, 0.2) is 0 Å². The van der Waals surface area contributed by atoms with Crippen LogP contribution >= 0.6 is 0 Å². The van der Waals surface area contributed by atoms with Gasteiger partial charge in [0.1, 0.15) is 86.5 Å². The number of nitrogens with two attached hydrogens (primary N) is 4. The Hall–Kier alpha value is -7.77. The molecule has 0 fully saturated rings. The van der Waals surface area contributed by atoms with Crippen molar-refractivity contribution in [1.82, 2.24) is 5.32 Å². The van der Waals surface area contributed by atoms with Crippen LogP contribution in [0.2, 0.25) is 0 Å². The molecule has 8 unspecified atom stereocenters. The molecule has 4 aliphatic heterocycles. The van der Waals surface area contributed by atoms with E-state index in [0.717, 1.165) is 184 Å². The topological polar surface area (TPSA) is 275 Å². The third-order valence-corrected chi connectivity index (χ3v) is 26.3. The molecule has 4 aromatic rings. The van der Waals surface area contributed by atoms with Crippen LogP contribution in [-0.4, -0.2) is 83.9 Å². The molecule has 0 radical (unpaired) electrons. The largest absolute Gasteiger partial charge is 0.487 e. The minimum atomic E-state index is -0.901. The lowest BCUT2D eigenvalue weighted by molar-refractivity contribution is -0.137. The number of unbranched alkanes of at least 4 members (excludes halogenated alkanes) is 7. The summed E-state index contributed by atoms with van der Waals surface area (Å²) >= 11 is 0. The first-order valence-corrected chi connectivity index (χ1v) is 45.9. The molecule has 9 N–H and O–H groups in total. The second-order valence-electron chi connectivity index (χ2n) is 38.9. The number of fused-ring (bicyclic) bond motifs is 12. The van der Waals surface area contributed by atoms with Gasteiger partial charge < -0.3 is 66.1 Å². The maximum absolute atomic E-state index is 12.8. The first kappa shape index (κ1) is 96.1. The number of primary amides is 1. The van der Waals surface area contributed by atoms with Gasteiger partial charge in [-0.05, 0) is 288 Å². The van der Waals surface area contributed by atoms with Gasteiger partial charge in [0.2, 0.25) is 5.91 Å². The molecular formula is C102H151N5O13. The Kier molecular flexibility index (Phi) is 34.1. The molecule has 12 rings (SSSR count). The number of benzene rings is 4. The normalized spacial score (nSPS) is 22.7. The van der Waals surface area contributed by atoms with E-state index in [1.54, 1.807) is 7.05 Å². The number of hydrogen-bond donors (Lipinski definition) is 5. The van der Waals surface area contributed by atoms with Gasteiger partial charge in [0, 0.05) is 76.0 Å². The standard InChI is InChI=1S/C26H38N2O4.2C26H39NO3.C24H35NO3/c1-5-6-7-8-17-14-21(31-25(30)20(27)11-12-23(28)29)24-18-13-16(2)9-10-19(18)26(3,4)32-22(24)15-17;1-7-8-9-18-14-22(29-25(28)21(27)12-16(2)3)24-19-13-17(4)10-11-20(19)26(5,6)30-23(24)15-18;1-7-8-9-10-18-14-21(29-25(28)24(27)16(2)3)23-19-13-17(4)11-12-20(19)26(5,6)30-22(23)15-18;1-6-7-8-9-17-13-20(27-22(26)15-25-5)23-18-12-16(2)10-11-19(18)24(3,4)28-21(23)14-17/h13-15,18-20H,5-12,27H2,1-4H3,(H2,28,29);13-16,19-21H,7-12,27H2,1-6H3;13-16,19-20,24H,7-12,27H2,1-6H3;12-14,18-19,25H,6-11,15H2,1-5H3/t18?,19?,20-;19?,20?,21-;19?,20?,24-;/m000./s1. The molecular weight excluding hydrogens is 1500 g/mol. The van der Waals surface area contributed by atoms with Crippen molar-refractivity contribution in [3.8, 4) is 46.0 Å². The summed E-state index contributed by atoms with van der Waals surface area (Å²) < 4.78 is 49.8. The summed E-state index contributed by atoms with van der Waals surface area (Å²) in [7, 11) is 1.76. The van der Waals surface area contributed by atoms with Crippen molar-refractivity contribution in [2.24, 2.45) is 58.4 Å². The summed E-state index contributed by atoms with van der Waals surface area (Å²) in [5, 5.41) is 2.88. The maximum atomic E-state index is 12.8. The molecule has 0 saturated heterocycles. The van der Waals surface area contributed by atoms with Crippen LogP contribution in [0.1, 0.15) is 348 Å². The van der Waals surface area contributed by atoms with Crippen LogP contribution in [-0.2, 0) is 49.7 Å². The van der Waals surface area contributed by atoms with Gasteiger partial charge in [-0.25, -0.2) is 14.4 Å². The zero-order valence-electron chi connectivity index (χ0n) is 77.1. The molecule has 0 spiro atoms. The second-order valence-corrected chi connectivity index (χ2v) is 38.9. The number of hydrogen-bond acceptors (Lipinski definition) is 17. The molecule has 8 aliphatic rings. The van der Waals surface area contributed by atoms with Crippen LogP contribution in [0.25, 0.3) is 0 Å². The monoisotopic (exact) mass is 1650 g/mol. The van der Waals surface area contributed by atoms with E-state index >= 15 is 0 Å². The highest BCUT2D eigenvalue weighted by Gasteiger charge is 2.51. The highest BCUT2D eigenvalue weighted by Crippen LogP contribution is 2.59. The van der Waals surface area contributed by atoms with E-state index in [1.165, 1.54) is 53.5 Å². The predicted molar refractivity (Wildman–Crippen MR) is 483 cm³/mol. The summed E-state index contributed by atoms with van der Waals surface area (Å²) in [6, 6.07) is 14.6. The molecule has 4 heterocycles. The molecule has 0 aromatic heterocycles. The number of allylic oxidation sites excluding steroid dienone is 8. The zero-order chi connectivity index (χ0) is 87.9. The summed E-state index contributed by atoms with van der Waals surface area (Å²) in [5.74, 6) is 6.41. The molecule has 662 valence electrons. The lowest BCUT2D eigenvalue weighted by atomic mass is 9.68. The SMILES string of the molecule is CCCCCc1cc(OC(=O)CNC)c2c(c1)OC(C)(C)C1CCC(C)=CC21.CCCCCc1cc(OC(=O)[C@@H](N)C(C)C)c2c(c1)OC(C)(C)C1CCC(C)=CC21.CCCCCc1cc(OC(=O)[C@@H](N)CCC(N)=O)c2c(c1)OC(C)(C)C1CCC(C)=CC21.CCCCc1cc(OC(=O)[C@@H](N)CC(C)C)c2c(c1)OC(C)(C)C1CCC(C)=CC21. The average molecular weight is 1660 g/mol. The van der Waals surface area contributed by atoms with Crippen molar-refractivity contribution in [3.63, 3.8) is 0 Å². The van der Waals surface area contributed by atoms with E-state index in [2.05, 4.69) is 191 Å². The Balaban J connectivity index is 0.000000182. The predicted octanol–water partition coefficient (Wildman–Crippen LogP) is 21.5. The van der Waals surface area contributed by atoms with E-state index in [4.69, 9.17) is 60.8 Å². The van der Waals surface area contributed by atoms with Gasteiger partial charge in [-0.15, -0.1) is 0 Å². The van der Waals surface area contributed by atoms with Crippen LogP contribution in [0.4, 0.5) is 0 Å².